The number of hydrogen-bond donors (Lipinski definition) is 3. The summed E-state index contributed by atoms with van der Waals surface area (Å²) in [5.74, 6) is -1.01. The summed E-state index contributed by atoms with van der Waals surface area (Å²) in [6, 6.07) is 10.0. The van der Waals surface area contributed by atoms with E-state index in [4.69, 9.17) is 4.74 Å². The first-order chi connectivity index (χ1) is 19.5. The van der Waals surface area contributed by atoms with Gasteiger partial charge in [-0.05, 0) is 71.6 Å². The maximum Gasteiger partial charge on any atom is 0.270 e. The number of amides is 3. The van der Waals surface area contributed by atoms with E-state index in [1.165, 1.54) is 28.8 Å². The number of benzene rings is 2. The molecule has 0 spiro atoms. The Morgan fingerprint density at radius 3 is 2.31 bits per heavy atom. The van der Waals surface area contributed by atoms with Gasteiger partial charge >= 0.3 is 0 Å². The van der Waals surface area contributed by atoms with Gasteiger partial charge in [0.1, 0.15) is 11.8 Å². The van der Waals surface area contributed by atoms with Crippen LogP contribution < -0.4 is 15.4 Å². The third kappa shape index (κ3) is 8.22. The Morgan fingerprint density at radius 1 is 1.17 bits per heavy atom. The van der Waals surface area contributed by atoms with Crippen molar-refractivity contribution in [3.05, 3.63) is 69.3 Å². The molecule has 11 nitrogen and oxygen atoms in total. The lowest BCUT2D eigenvalue weighted by molar-refractivity contribution is -0.385. The third-order valence-electron chi connectivity index (χ3n) is 6.86. The van der Waals surface area contributed by atoms with E-state index in [1.54, 1.807) is 13.8 Å². The maximum absolute atomic E-state index is 13.7. The third-order valence-corrected chi connectivity index (χ3v) is 8.23. The van der Waals surface area contributed by atoms with Crippen LogP contribution in [0.3, 0.4) is 0 Å². The standard InChI is InChI=1S/C30H40N4O7S/c1-18-13-21(34(39)40)14-19(2)25(18)41-16-23(35)31-22(15-20-11-9-8-10-12-20)24(36)28(38)33-17-42-30(6,7)26(33)27(37)32-29(3,4)5/h8-14,22,24,26,36H,15-17H2,1-7H3,(H,31,35)(H,32,37)/t22-,24-,26+/m0/s1. The Hall–Kier alpha value is -3.64. The number of nitrogens with one attached hydrogen (secondary N) is 2. The number of aryl methyl sites for hydroxylation is 2. The predicted octanol–water partition coefficient (Wildman–Crippen LogP) is 3.27. The molecule has 3 atom stereocenters. The largest absolute Gasteiger partial charge is 0.483 e. The van der Waals surface area contributed by atoms with Crippen LogP contribution in [0.2, 0.25) is 0 Å². The van der Waals surface area contributed by atoms with E-state index < -0.39 is 51.8 Å². The molecule has 0 aromatic heterocycles. The van der Waals surface area contributed by atoms with Crippen LogP contribution in [-0.4, -0.2) is 73.6 Å². The summed E-state index contributed by atoms with van der Waals surface area (Å²) in [4.78, 5) is 52.1. The Balaban J connectivity index is 1.80. The van der Waals surface area contributed by atoms with Crippen LogP contribution in [0.4, 0.5) is 5.69 Å². The van der Waals surface area contributed by atoms with Crippen LogP contribution in [0.5, 0.6) is 5.75 Å². The number of hydrogen-bond acceptors (Lipinski definition) is 8. The van der Waals surface area contributed by atoms with Crippen molar-refractivity contribution in [1.29, 1.82) is 0 Å². The highest BCUT2D eigenvalue weighted by Gasteiger charge is 2.50. The lowest BCUT2D eigenvalue weighted by Gasteiger charge is -2.35. The van der Waals surface area contributed by atoms with Crippen LogP contribution >= 0.6 is 11.8 Å². The smallest absolute Gasteiger partial charge is 0.270 e. The number of nitrogens with zero attached hydrogens (tertiary/aromatic N) is 2. The summed E-state index contributed by atoms with van der Waals surface area (Å²) in [6.45, 7) is 12.2. The highest BCUT2D eigenvalue weighted by Crippen LogP contribution is 2.40. The summed E-state index contributed by atoms with van der Waals surface area (Å²) in [5, 5.41) is 28.2. The SMILES string of the molecule is Cc1cc([N+](=O)[O-])cc(C)c1OCC(=O)N[C@@H](Cc1ccccc1)[C@H](O)C(=O)N1CSC(C)(C)[C@H]1C(=O)NC(C)(C)C. The first-order valence-electron chi connectivity index (χ1n) is 13.7. The predicted molar refractivity (Wildman–Crippen MR) is 161 cm³/mol. The number of ether oxygens (including phenoxy) is 1. The van der Waals surface area contributed by atoms with Gasteiger partial charge in [0.15, 0.2) is 12.7 Å². The number of rotatable bonds is 10. The van der Waals surface area contributed by atoms with Gasteiger partial charge in [-0.3, -0.25) is 24.5 Å². The van der Waals surface area contributed by atoms with E-state index in [0.717, 1.165) is 5.56 Å². The van der Waals surface area contributed by atoms with Gasteiger partial charge in [0.2, 0.25) is 5.91 Å². The van der Waals surface area contributed by atoms with Crippen LogP contribution in [-0.2, 0) is 20.8 Å². The molecule has 228 valence electrons. The fraction of sp³-hybridized carbons (Fsp3) is 0.500. The summed E-state index contributed by atoms with van der Waals surface area (Å²) in [6.07, 6.45) is -1.49. The molecule has 12 heteroatoms. The second kappa shape index (κ2) is 13.1. The zero-order valence-corrected chi connectivity index (χ0v) is 25.9. The monoisotopic (exact) mass is 600 g/mol. The van der Waals surface area contributed by atoms with Gasteiger partial charge in [-0.15, -0.1) is 11.8 Å². The molecule has 1 heterocycles. The second-order valence-electron chi connectivity index (χ2n) is 12.1. The minimum atomic E-state index is -1.64. The number of aliphatic hydroxyl groups is 1. The van der Waals surface area contributed by atoms with Gasteiger partial charge in [-0.2, -0.15) is 0 Å². The molecule has 1 saturated heterocycles. The Bertz CT molecular complexity index is 1300. The molecule has 1 aliphatic heterocycles. The molecular weight excluding hydrogens is 560 g/mol. The summed E-state index contributed by atoms with van der Waals surface area (Å²) in [7, 11) is 0. The van der Waals surface area contributed by atoms with Crippen molar-refractivity contribution < 1.29 is 29.2 Å². The number of aliphatic hydroxyl groups excluding tert-OH is 1. The van der Waals surface area contributed by atoms with Gasteiger partial charge in [-0.25, -0.2) is 0 Å². The van der Waals surface area contributed by atoms with Gasteiger partial charge in [0.05, 0.1) is 16.8 Å². The fourth-order valence-electron chi connectivity index (χ4n) is 4.95. The van der Waals surface area contributed by atoms with Crippen molar-refractivity contribution in [2.24, 2.45) is 0 Å². The van der Waals surface area contributed by atoms with Gasteiger partial charge in [-0.1, -0.05) is 30.3 Å². The van der Waals surface area contributed by atoms with Crippen molar-refractivity contribution in [1.82, 2.24) is 15.5 Å². The molecule has 42 heavy (non-hydrogen) atoms. The van der Waals surface area contributed by atoms with E-state index in [1.807, 2.05) is 65.0 Å². The Kier molecular flexibility index (Phi) is 10.3. The highest BCUT2D eigenvalue weighted by molar-refractivity contribution is 8.00. The van der Waals surface area contributed by atoms with Crippen molar-refractivity contribution in [3.8, 4) is 5.75 Å². The molecule has 1 fully saturated rings. The number of carbonyl (C=O) groups excluding carboxylic acids is 3. The number of thioether (sulfide) groups is 1. The number of nitro benzene ring substituents is 1. The van der Waals surface area contributed by atoms with E-state index in [0.29, 0.717) is 16.9 Å². The zero-order valence-electron chi connectivity index (χ0n) is 25.1. The molecule has 0 aliphatic carbocycles. The zero-order chi connectivity index (χ0) is 31.4. The second-order valence-corrected chi connectivity index (χ2v) is 13.7. The molecule has 1 aliphatic rings. The van der Waals surface area contributed by atoms with Gasteiger partial charge in [0.25, 0.3) is 17.5 Å². The molecule has 0 radical (unpaired) electrons. The van der Waals surface area contributed by atoms with Crippen LogP contribution in [0.25, 0.3) is 0 Å². The van der Waals surface area contributed by atoms with Crippen molar-refractivity contribution in [2.75, 3.05) is 12.5 Å². The topological polar surface area (TPSA) is 151 Å². The van der Waals surface area contributed by atoms with Crippen LogP contribution in [0, 0.1) is 24.0 Å². The minimum Gasteiger partial charge on any atom is -0.483 e. The summed E-state index contributed by atoms with van der Waals surface area (Å²) < 4.78 is 5.11. The van der Waals surface area contributed by atoms with Gasteiger partial charge in [0, 0.05) is 22.4 Å². The Morgan fingerprint density at radius 2 is 1.76 bits per heavy atom. The number of non-ortho nitro benzene ring substituents is 1. The van der Waals surface area contributed by atoms with Crippen LogP contribution in [0.15, 0.2) is 42.5 Å². The summed E-state index contributed by atoms with van der Waals surface area (Å²) >= 11 is 1.44. The Labute approximate surface area is 250 Å². The maximum atomic E-state index is 13.7. The van der Waals surface area contributed by atoms with E-state index in [9.17, 15) is 29.6 Å². The van der Waals surface area contributed by atoms with Crippen molar-refractivity contribution in [3.63, 3.8) is 0 Å². The lowest BCUT2D eigenvalue weighted by Crippen LogP contribution is -2.60. The molecule has 3 rings (SSSR count). The first-order valence-corrected chi connectivity index (χ1v) is 14.6. The average molecular weight is 601 g/mol. The molecule has 0 saturated carbocycles. The van der Waals surface area contributed by atoms with E-state index >= 15 is 0 Å². The molecular formula is C30H40N4O7S. The quantitative estimate of drug-likeness (QED) is 0.278. The molecule has 3 N–H and O–H groups in total. The van der Waals surface area contributed by atoms with Crippen molar-refractivity contribution >= 4 is 35.2 Å². The molecule has 0 unspecified atom stereocenters. The first kappa shape index (κ1) is 32.9. The number of carbonyl (C=O) groups is 3. The number of nitro groups is 1. The molecule has 3 amide bonds. The van der Waals surface area contributed by atoms with Crippen molar-refractivity contribution in [2.45, 2.75) is 83.4 Å². The highest BCUT2D eigenvalue weighted by atomic mass is 32.2. The van der Waals surface area contributed by atoms with Gasteiger partial charge < -0.3 is 25.4 Å². The molecule has 2 aromatic carbocycles. The van der Waals surface area contributed by atoms with E-state index in [2.05, 4.69) is 10.6 Å². The lowest BCUT2D eigenvalue weighted by atomic mass is 9.96. The summed E-state index contributed by atoms with van der Waals surface area (Å²) in [5.41, 5.74) is 1.19. The van der Waals surface area contributed by atoms with E-state index in [-0.39, 0.29) is 23.9 Å². The molecule has 0 bridgehead atoms. The average Bonchev–Trinajstić information content (AvgIpc) is 3.21. The fourth-order valence-corrected chi connectivity index (χ4v) is 6.09. The van der Waals surface area contributed by atoms with Crippen LogP contribution in [0.1, 0.15) is 51.3 Å². The molecule has 2 aromatic rings. The normalized spacial score (nSPS) is 17.7. The minimum absolute atomic E-state index is 0.0795.